The van der Waals surface area contributed by atoms with Crippen molar-refractivity contribution in [1.29, 1.82) is 0 Å². The second-order valence-corrected chi connectivity index (χ2v) is 13.6. The molecule has 0 amide bonds. The minimum Gasteiger partial charge on any atom is -0.462 e. The number of rotatable bonds is 9. The van der Waals surface area contributed by atoms with Crippen LogP contribution in [-0.4, -0.2) is 31.3 Å². The van der Waals surface area contributed by atoms with Crippen LogP contribution in [0.3, 0.4) is 0 Å². The van der Waals surface area contributed by atoms with E-state index in [0.717, 1.165) is 36.0 Å². The van der Waals surface area contributed by atoms with E-state index in [1.165, 1.54) is 12.5 Å². The molecule has 5 atom stereocenters. The average molecular weight is 617 g/mol. The predicted molar refractivity (Wildman–Crippen MR) is 180 cm³/mol. The molecule has 0 N–H and O–H groups in total. The van der Waals surface area contributed by atoms with Crippen LogP contribution in [0.1, 0.15) is 63.1 Å². The maximum absolute atomic E-state index is 12.6. The summed E-state index contributed by atoms with van der Waals surface area (Å²) in [4.78, 5) is 24.8. The van der Waals surface area contributed by atoms with Gasteiger partial charge in [-0.2, -0.15) is 0 Å². The molecule has 0 spiro atoms. The number of esters is 2. The van der Waals surface area contributed by atoms with Crippen molar-refractivity contribution in [3.05, 3.63) is 144 Å². The fraction of sp³-hybridized carbons (Fsp3) is 0.366. The fourth-order valence-corrected chi connectivity index (χ4v) is 8.59. The molecule has 3 aromatic rings. The van der Waals surface area contributed by atoms with Crippen LogP contribution in [0.25, 0.3) is 0 Å². The molecule has 5 heteroatoms. The minimum absolute atomic E-state index is 0.0558. The smallest absolute Gasteiger partial charge is 0.338 e. The molecule has 238 valence electrons. The number of benzene rings is 3. The van der Waals surface area contributed by atoms with E-state index in [4.69, 9.17) is 14.2 Å². The number of fused-ring (bicyclic) bond motifs is 1. The minimum atomic E-state index is -0.895. The largest absolute Gasteiger partial charge is 0.462 e. The highest BCUT2D eigenvalue weighted by atomic mass is 16.5. The number of allylic oxidation sites excluding steroid dienone is 2. The molecule has 2 aliphatic carbocycles. The molecule has 0 aromatic heterocycles. The van der Waals surface area contributed by atoms with E-state index in [1.807, 2.05) is 30.4 Å². The standard InChI is InChI=1S/C41H44O5/c1-29-20-23-36-39(3,35(29)22-21-31-25-27-44-38(31)43)26-24-37(46-30(2)42)40(36,4)28-45-41(32-14-8-5-9-15-32,33-16-10-6-11-17-33)34-18-12-7-13-19-34/h5-19,21-22,25,35-37H,1,20,23-24,26-28H2,2-4H3/b22-21+/t35-,36+,37-,39+,40+/m1/s1. The Morgan fingerprint density at radius 2 is 1.50 bits per heavy atom. The third-order valence-corrected chi connectivity index (χ3v) is 10.8. The average Bonchev–Trinajstić information content (AvgIpc) is 3.48. The van der Waals surface area contributed by atoms with Gasteiger partial charge in [0.1, 0.15) is 18.3 Å². The van der Waals surface area contributed by atoms with E-state index in [2.05, 4.69) is 99.3 Å². The Hall–Kier alpha value is -4.22. The first-order chi connectivity index (χ1) is 22.2. The summed E-state index contributed by atoms with van der Waals surface area (Å²) in [5.41, 5.74) is 3.28. The molecule has 3 aromatic carbocycles. The summed E-state index contributed by atoms with van der Waals surface area (Å²) in [7, 11) is 0. The van der Waals surface area contributed by atoms with E-state index in [9.17, 15) is 9.59 Å². The lowest BCUT2D eigenvalue weighted by molar-refractivity contribution is -0.195. The van der Waals surface area contributed by atoms with Gasteiger partial charge in [-0.3, -0.25) is 4.79 Å². The van der Waals surface area contributed by atoms with Gasteiger partial charge in [0, 0.05) is 18.3 Å². The first kappa shape index (κ1) is 31.7. The van der Waals surface area contributed by atoms with E-state index >= 15 is 0 Å². The second kappa shape index (κ2) is 12.9. The molecule has 0 saturated heterocycles. The molecule has 0 radical (unpaired) electrons. The highest BCUT2D eigenvalue weighted by Crippen LogP contribution is 2.62. The fourth-order valence-electron chi connectivity index (χ4n) is 8.59. The lowest BCUT2D eigenvalue weighted by Gasteiger charge is -2.60. The number of carbonyl (C=O) groups excluding carboxylic acids is 2. The highest BCUT2D eigenvalue weighted by molar-refractivity contribution is 5.93. The summed E-state index contributed by atoms with van der Waals surface area (Å²) in [5.74, 6) is -0.345. The molecule has 2 fully saturated rings. The van der Waals surface area contributed by atoms with Crippen LogP contribution in [0, 0.1) is 22.7 Å². The Morgan fingerprint density at radius 1 is 0.935 bits per heavy atom. The first-order valence-electron chi connectivity index (χ1n) is 16.4. The highest BCUT2D eigenvalue weighted by Gasteiger charge is 2.59. The summed E-state index contributed by atoms with van der Waals surface area (Å²) < 4.78 is 18.8. The van der Waals surface area contributed by atoms with Gasteiger partial charge in [-0.25, -0.2) is 4.79 Å². The first-order valence-corrected chi connectivity index (χ1v) is 16.4. The topological polar surface area (TPSA) is 61.8 Å². The maximum Gasteiger partial charge on any atom is 0.338 e. The second-order valence-electron chi connectivity index (χ2n) is 13.6. The van der Waals surface area contributed by atoms with Gasteiger partial charge in [0.05, 0.1) is 12.2 Å². The Bertz CT molecular complexity index is 1530. The summed E-state index contributed by atoms with van der Waals surface area (Å²) in [6, 6.07) is 31.2. The van der Waals surface area contributed by atoms with Crippen molar-refractivity contribution in [3.8, 4) is 0 Å². The number of cyclic esters (lactones) is 1. The van der Waals surface area contributed by atoms with Crippen LogP contribution in [-0.2, 0) is 29.4 Å². The SMILES string of the molecule is C=C1CC[C@@H]2[C@](C)(COC(c3ccccc3)(c3ccccc3)c3ccccc3)[C@H](OC(C)=O)CC[C@@]2(C)[C@@H]1/C=C/C1=CCOC1=O. The van der Waals surface area contributed by atoms with Crippen molar-refractivity contribution in [1.82, 2.24) is 0 Å². The van der Waals surface area contributed by atoms with Gasteiger partial charge >= 0.3 is 11.9 Å². The summed E-state index contributed by atoms with van der Waals surface area (Å²) >= 11 is 0. The van der Waals surface area contributed by atoms with Crippen molar-refractivity contribution < 1.29 is 23.8 Å². The van der Waals surface area contributed by atoms with Crippen LogP contribution >= 0.6 is 0 Å². The quantitative estimate of drug-likeness (QED) is 0.137. The molecular weight excluding hydrogens is 572 g/mol. The molecule has 0 bridgehead atoms. The van der Waals surface area contributed by atoms with Crippen molar-refractivity contribution in [2.24, 2.45) is 22.7 Å². The summed E-state index contributed by atoms with van der Waals surface area (Å²) in [6.07, 6.45) is 8.92. The Morgan fingerprint density at radius 3 is 2.00 bits per heavy atom. The lowest BCUT2D eigenvalue weighted by Crippen LogP contribution is -2.59. The van der Waals surface area contributed by atoms with E-state index in [1.54, 1.807) is 0 Å². The molecule has 1 aliphatic heterocycles. The molecule has 1 heterocycles. The zero-order chi connectivity index (χ0) is 32.4. The van der Waals surface area contributed by atoms with Crippen LogP contribution in [0.2, 0.25) is 0 Å². The molecule has 2 saturated carbocycles. The zero-order valence-corrected chi connectivity index (χ0v) is 27.1. The molecule has 0 unspecified atom stereocenters. The van der Waals surface area contributed by atoms with E-state index in [0.29, 0.717) is 25.2 Å². The monoisotopic (exact) mass is 616 g/mol. The number of hydrogen-bond acceptors (Lipinski definition) is 5. The lowest BCUT2D eigenvalue weighted by atomic mass is 9.46. The van der Waals surface area contributed by atoms with Gasteiger partial charge in [-0.1, -0.05) is 129 Å². The zero-order valence-electron chi connectivity index (χ0n) is 27.1. The van der Waals surface area contributed by atoms with Gasteiger partial charge in [-0.15, -0.1) is 0 Å². The molecule has 5 nitrogen and oxygen atoms in total. The normalized spacial score (nSPS) is 28.0. The van der Waals surface area contributed by atoms with Crippen molar-refractivity contribution >= 4 is 11.9 Å². The molecule has 3 aliphatic rings. The Kier molecular flexibility index (Phi) is 8.89. The molecule has 6 rings (SSSR count). The van der Waals surface area contributed by atoms with Crippen molar-refractivity contribution in [2.45, 2.75) is 58.2 Å². The predicted octanol–water partition coefficient (Wildman–Crippen LogP) is 8.36. The van der Waals surface area contributed by atoms with E-state index in [-0.39, 0.29) is 35.3 Å². The number of ether oxygens (including phenoxy) is 3. The van der Waals surface area contributed by atoms with Crippen molar-refractivity contribution in [2.75, 3.05) is 13.2 Å². The third kappa shape index (κ3) is 5.66. The summed E-state index contributed by atoms with van der Waals surface area (Å²) in [6.45, 7) is 11.3. The van der Waals surface area contributed by atoms with Gasteiger partial charge < -0.3 is 14.2 Å². The van der Waals surface area contributed by atoms with Crippen LogP contribution in [0.5, 0.6) is 0 Å². The van der Waals surface area contributed by atoms with Crippen LogP contribution in [0.15, 0.2) is 127 Å². The van der Waals surface area contributed by atoms with Crippen molar-refractivity contribution in [3.63, 3.8) is 0 Å². The molecule has 46 heavy (non-hydrogen) atoms. The van der Waals surface area contributed by atoms with Crippen LogP contribution in [0.4, 0.5) is 0 Å². The van der Waals surface area contributed by atoms with Gasteiger partial charge in [0.25, 0.3) is 0 Å². The Labute approximate surface area is 273 Å². The van der Waals surface area contributed by atoms with Gasteiger partial charge in [0.15, 0.2) is 0 Å². The van der Waals surface area contributed by atoms with Crippen LogP contribution < -0.4 is 0 Å². The number of carbonyl (C=O) groups is 2. The number of hydrogen-bond donors (Lipinski definition) is 0. The molecular formula is C41H44O5. The summed E-state index contributed by atoms with van der Waals surface area (Å²) in [5, 5.41) is 0. The van der Waals surface area contributed by atoms with Gasteiger partial charge in [-0.05, 0) is 59.8 Å². The Balaban J connectivity index is 1.44. The third-order valence-electron chi connectivity index (χ3n) is 10.8. The maximum atomic E-state index is 12.6. The van der Waals surface area contributed by atoms with E-state index < -0.39 is 11.0 Å². The van der Waals surface area contributed by atoms with Gasteiger partial charge in [0.2, 0.25) is 0 Å².